The van der Waals surface area contributed by atoms with Gasteiger partial charge in [0, 0.05) is 0 Å². The van der Waals surface area contributed by atoms with Crippen LogP contribution in [0.5, 0.6) is 0 Å². The highest BCUT2D eigenvalue weighted by Gasteiger charge is 2.22. The molecule has 11 aromatic rings. The molecule has 0 nitrogen and oxygen atoms in total. The lowest BCUT2D eigenvalue weighted by molar-refractivity contribution is 1.59. The minimum atomic E-state index is 1.20. The zero-order valence-corrected chi connectivity index (χ0v) is 31.9. The van der Waals surface area contributed by atoms with E-state index in [1.165, 1.54) is 110 Å². The molecule has 0 aliphatic carbocycles. The molecule has 0 saturated carbocycles. The lowest BCUT2D eigenvalue weighted by Gasteiger charge is -2.22. The molecule has 0 unspecified atom stereocenters. The van der Waals surface area contributed by atoms with E-state index in [4.69, 9.17) is 0 Å². The van der Waals surface area contributed by atoms with Gasteiger partial charge in [-0.2, -0.15) is 0 Å². The van der Waals surface area contributed by atoms with Crippen molar-refractivity contribution in [3.63, 3.8) is 0 Å². The SMILES string of the molecule is c1ccc(-c2ccccc2-c2c3ccc(-c4ccc5ccccc5c4)cc3c(-c3ccccc3-c3ccccc3)c3ccc(-c4ccc5ccccc5c4)cc23)cc1. The van der Waals surface area contributed by atoms with Gasteiger partial charge in [-0.1, -0.05) is 206 Å². The van der Waals surface area contributed by atoms with Gasteiger partial charge >= 0.3 is 0 Å². The van der Waals surface area contributed by atoms with Crippen LogP contribution in [0.25, 0.3) is 110 Å². The second-order valence-electron chi connectivity index (χ2n) is 15.2. The quantitative estimate of drug-likeness (QED) is 0.149. The highest BCUT2D eigenvalue weighted by Crippen LogP contribution is 2.49. The smallest absolute Gasteiger partial charge is 0.00199 e. The molecule has 58 heavy (non-hydrogen) atoms. The normalized spacial score (nSPS) is 11.4. The molecule has 11 rings (SSSR count). The van der Waals surface area contributed by atoms with Crippen LogP contribution in [0.3, 0.4) is 0 Å². The van der Waals surface area contributed by atoms with Crippen molar-refractivity contribution in [1.82, 2.24) is 0 Å². The minimum Gasteiger partial charge on any atom is -0.0622 e. The second kappa shape index (κ2) is 14.2. The van der Waals surface area contributed by atoms with Gasteiger partial charge in [-0.3, -0.25) is 0 Å². The Balaban J connectivity index is 1.28. The van der Waals surface area contributed by atoms with Gasteiger partial charge in [-0.15, -0.1) is 0 Å². The average molecular weight is 735 g/mol. The summed E-state index contributed by atoms with van der Waals surface area (Å²) in [6, 6.07) is 84.8. The molecule has 0 spiro atoms. The Morgan fingerprint density at radius 3 is 0.931 bits per heavy atom. The van der Waals surface area contributed by atoms with Crippen molar-refractivity contribution in [3.8, 4) is 66.8 Å². The van der Waals surface area contributed by atoms with Crippen molar-refractivity contribution >= 4 is 43.1 Å². The molecule has 11 aromatic carbocycles. The molecule has 0 bridgehead atoms. The first-order valence-electron chi connectivity index (χ1n) is 20.1. The standard InChI is InChI=1S/C58H38/c1-3-17-41(18-4-1)49-23-11-13-25-51(49)57-53-33-31-48(46-30-28-40-16-8-10-22-44(40)36-46)38-56(53)58(52-26-14-12-24-50(52)42-19-5-2-6-20-42)54-34-32-47(37-55(54)57)45-29-27-39-15-7-9-21-43(39)35-45/h1-38H. The molecule has 0 aliphatic heterocycles. The maximum Gasteiger partial charge on any atom is -0.00199 e. The predicted molar refractivity (Wildman–Crippen MR) is 249 cm³/mol. The van der Waals surface area contributed by atoms with Crippen LogP contribution in [-0.4, -0.2) is 0 Å². The van der Waals surface area contributed by atoms with Gasteiger partial charge in [-0.05, 0) is 134 Å². The number of hydrogen-bond acceptors (Lipinski definition) is 0. The van der Waals surface area contributed by atoms with Gasteiger partial charge in [0.2, 0.25) is 0 Å². The molecule has 0 radical (unpaired) electrons. The van der Waals surface area contributed by atoms with Crippen molar-refractivity contribution in [3.05, 3.63) is 231 Å². The van der Waals surface area contributed by atoms with E-state index in [0.29, 0.717) is 0 Å². The third kappa shape index (κ3) is 5.86. The molecule has 270 valence electrons. The van der Waals surface area contributed by atoms with E-state index in [9.17, 15) is 0 Å². The van der Waals surface area contributed by atoms with Gasteiger partial charge in [-0.25, -0.2) is 0 Å². The summed E-state index contributed by atoms with van der Waals surface area (Å²) in [5.74, 6) is 0. The van der Waals surface area contributed by atoms with Gasteiger partial charge in [0.05, 0.1) is 0 Å². The summed E-state index contributed by atoms with van der Waals surface area (Å²) < 4.78 is 0. The Morgan fingerprint density at radius 1 is 0.172 bits per heavy atom. The molecular formula is C58H38. The van der Waals surface area contributed by atoms with Crippen LogP contribution in [0.4, 0.5) is 0 Å². The molecule has 0 fully saturated rings. The summed E-state index contributed by atoms with van der Waals surface area (Å²) in [5, 5.41) is 9.91. The summed E-state index contributed by atoms with van der Waals surface area (Å²) in [5.41, 5.74) is 14.6. The largest absolute Gasteiger partial charge is 0.0622 e. The van der Waals surface area contributed by atoms with Crippen molar-refractivity contribution in [1.29, 1.82) is 0 Å². The predicted octanol–water partition coefficient (Wildman–Crippen LogP) is 16.3. The Bertz CT molecular complexity index is 3090. The van der Waals surface area contributed by atoms with Crippen LogP contribution in [0.15, 0.2) is 231 Å². The first-order chi connectivity index (χ1) is 28.8. The van der Waals surface area contributed by atoms with E-state index in [1.807, 2.05) is 0 Å². The molecule has 0 heterocycles. The molecule has 0 aliphatic rings. The van der Waals surface area contributed by atoms with Gasteiger partial charge in [0.1, 0.15) is 0 Å². The fourth-order valence-corrected chi connectivity index (χ4v) is 9.05. The van der Waals surface area contributed by atoms with Crippen molar-refractivity contribution in [2.24, 2.45) is 0 Å². The zero-order valence-electron chi connectivity index (χ0n) is 31.9. The van der Waals surface area contributed by atoms with E-state index < -0.39 is 0 Å². The van der Waals surface area contributed by atoms with E-state index in [2.05, 4.69) is 231 Å². The van der Waals surface area contributed by atoms with Crippen molar-refractivity contribution in [2.45, 2.75) is 0 Å². The fourth-order valence-electron chi connectivity index (χ4n) is 9.05. The number of hydrogen-bond donors (Lipinski definition) is 0. The number of rotatable bonds is 6. The van der Waals surface area contributed by atoms with Crippen molar-refractivity contribution in [2.75, 3.05) is 0 Å². The lowest BCUT2D eigenvalue weighted by Crippen LogP contribution is -1.95. The Morgan fingerprint density at radius 2 is 0.500 bits per heavy atom. The highest BCUT2D eigenvalue weighted by molar-refractivity contribution is 6.24. The molecule has 0 amide bonds. The Hall–Kier alpha value is -7.54. The van der Waals surface area contributed by atoms with Crippen LogP contribution in [0.1, 0.15) is 0 Å². The highest BCUT2D eigenvalue weighted by atomic mass is 14.2. The number of benzene rings is 11. The van der Waals surface area contributed by atoms with Gasteiger partial charge in [0.15, 0.2) is 0 Å². The Labute approximate surface area is 339 Å². The topological polar surface area (TPSA) is 0 Å². The zero-order chi connectivity index (χ0) is 38.4. The lowest BCUT2D eigenvalue weighted by atomic mass is 9.81. The van der Waals surface area contributed by atoms with Crippen LogP contribution >= 0.6 is 0 Å². The first kappa shape index (κ1) is 33.8. The second-order valence-corrected chi connectivity index (χ2v) is 15.2. The summed E-state index contributed by atoms with van der Waals surface area (Å²) in [4.78, 5) is 0. The van der Waals surface area contributed by atoms with Gasteiger partial charge in [0.25, 0.3) is 0 Å². The third-order valence-corrected chi connectivity index (χ3v) is 11.8. The molecule has 0 N–H and O–H groups in total. The number of fused-ring (bicyclic) bond motifs is 4. The maximum absolute atomic E-state index is 2.45. The third-order valence-electron chi connectivity index (χ3n) is 11.8. The summed E-state index contributed by atoms with van der Waals surface area (Å²) in [7, 11) is 0. The van der Waals surface area contributed by atoms with Crippen LogP contribution in [-0.2, 0) is 0 Å². The monoisotopic (exact) mass is 734 g/mol. The summed E-state index contributed by atoms with van der Waals surface area (Å²) in [6.45, 7) is 0. The van der Waals surface area contributed by atoms with Crippen LogP contribution in [0, 0.1) is 0 Å². The molecule has 0 aromatic heterocycles. The van der Waals surface area contributed by atoms with Crippen LogP contribution in [0.2, 0.25) is 0 Å². The summed E-state index contributed by atoms with van der Waals surface area (Å²) >= 11 is 0. The molecule has 0 saturated heterocycles. The fraction of sp³-hybridized carbons (Fsp3) is 0. The van der Waals surface area contributed by atoms with E-state index in [-0.39, 0.29) is 0 Å². The van der Waals surface area contributed by atoms with Crippen molar-refractivity contribution < 1.29 is 0 Å². The first-order valence-corrected chi connectivity index (χ1v) is 20.1. The van der Waals surface area contributed by atoms with E-state index in [0.717, 1.165) is 0 Å². The molecule has 0 atom stereocenters. The Kier molecular flexibility index (Phi) is 8.26. The molecular weight excluding hydrogens is 697 g/mol. The van der Waals surface area contributed by atoms with Crippen LogP contribution < -0.4 is 0 Å². The average Bonchev–Trinajstić information content (AvgIpc) is 3.30. The molecule has 0 heteroatoms. The van der Waals surface area contributed by atoms with Gasteiger partial charge < -0.3 is 0 Å². The maximum atomic E-state index is 2.45. The van der Waals surface area contributed by atoms with E-state index in [1.54, 1.807) is 0 Å². The summed E-state index contributed by atoms with van der Waals surface area (Å²) in [6.07, 6.45) is 0. The van der Waals surface area contributed by atoms with E-state index >= 15 is 0 Å². The minimum absolute atomic E-state index is 1.20.